The van der Waals surface area contributed by atoms with E-state index in [0.29, 0.717) is 0 Å². The highest BCUT2D eigenvalue weighted by Crippen LogP contribution is 2.42. The molecule has 114 valence electrons. The lowest BCUT2D eigenvalue weighted by Gasteiger charge is -2.50. The summed E-state index contributed by atoms with van der Waals surface area (Å²) in [4.78, 5) is 8.09. The Kier molecular flexibility index (Phi) is 3.56. The number of hydrogen-bond donors (Lipinski definition) is 0. The van der Waals surface area contributed by atoms with Crippen LogP contribution in [-0.2, 0) is 0 Å². The molecule has 3 heterocycles. The number of likely N-dealkylation sites (tertiary alicyclic amines) is 3. The molecule has 3 heteroatoms. The van der Waals surface area contributed by atoms with Crippen molar-refractivity contribution in [2.45, 2.75) is 44.7 Å². The molecule has 3 saturated heterocycles. The van der Waals surface area contributed by atoms with Crippen LogP contribution in [0.2, 0.25) is 0 Å². The Balaban J connectivity index is 1.24. The molecule has 0 aromatic heterocycles. The van der Waals surface area contributed by atoms with Gasteiger partial charge in [0.15, 0.2) is 0 Å². The van der Waals surface area contributed by atoms with Crippen LogP contribution in [0.3, 0.4) is 0 Å². The lowest BCUT2D eigenvalue weighted by Crippen LogP contribution is -2.63. The second-order valence-electron chi connectivity index (χ2n) is 8.19. The number of rotatable bonds is 2. The lowest BCUT2D eigenvalue weighted by atomic mass is 9.97. The van der Waals surface area contributed by atoms with Crippen LogP contribution in [0.25, 0.3) is 0 Å². The van der Waals surface area contributed by atoms with E-state index >= 15 is 0 Å². The Hall–Kier alpha value is -0.120. The second-order valence-corrected chi connectivity index (χ2v) is 8.19. The minimum absolute atomic E-state index is 0.893. The summed E-state index contributed by atoms with van der Waals surface area (Å²) in [6, 6.07) is 1.79. The van der Waals surface area contributed by atoms with E-state index < -0.39 is 0 Å². The summed E-state index contributed by atoms with van der Waals surface area (Å²) in [5.41, 5.74) is 0. The third-order valence-electron chi connectivity index (χ3n) is 6.63. The lowest BCUT2D eigenvalue weighted by molar-refractivity contribution is -0.00685. The summed E-state index contributed by atoms with van der Waals surface area (Å²) >= 11 is 0. The Morgan fingerprint density at radius 2 is 1.30 bits per heavy atom. The van der Waals surface area contributed by atoms with E-state index in [1.807, 2.05) is 0 Å². The van der Waals surface area contributed by atoms with Gasteiger partial charge in [0.25, 0.3) is 0 Å². The standard InChI is InChI=1S/C17H31N3/c1-13-7-14-9-19(10-15(14)8-13)17-11-20(12-17)16-3-5-18(2)6-4-16/h13-17H,3-12H2,1-2H3. The van der Waals surface area contributed by atoms with Crippen molar-refractivity contribution in [2.75, 3.05) is 46.3 Å². The molecule has 3 aliphatic heterocycles. The van der Waals surface area contributed by atoms with Crippen molar-refractivity contribution in [2.24, 2.45) is 17.8 Å². The molecule has 20 heavy (non-hydrogen) atoms. The molecular weight excluding hydrogens is 246 g/mol. The van der Waals surface area contributed by atoms with Gasteiger partial charge in [0, 0.05) is 38.3 Å². The summed E-state index contributed by atoms with van der Waals surface area (Å²) in [7, 11) is 2.26. The predicted octanol–water partition coefficient (Wildman–Crippen LogP) is 1.74. The molecule has 1 aliphatic carbocycles. The second kappa shape index (κ2) is 5.26. The van der Waals surface area contributed by atoms with E-state index in [1.54, 1.807) is 0 Å². The van der Waals surface area contributed by atoms with Crippen molar-refractivity contribution in [1.82, 2.24) is 14.7 Å². The average Bonchev–Trinajstić information content (AvgIpc) is 2.87. The van der Waals surface area contributed by atoms with Crippen molar-refractivity contribution < 1.29 is 0 Å². The summed E-state index contributed by atoms with van der Waals surface area (Å²) < 4.78 is 0. The smallest absolute Gasteiger partial charge is 0.0350 e. The van der Waals surface area contributed by atoms with Gasteiger partial charge in [-0.3, -0.25) is 9.80 Å². The number of piperidine rings is 1. The number of fused-ring (bicyclic) bond motifs is 1. The maximum Gasteiger partial charge on any atom is 0.0350 e. The topological polar surface area (TPSA) is 9.72 Å². The molecule has 4 fully saturated rings. The molecule has 3 nitrogen and oxygen atoms in total. The molecule has 0 N–H and O–H groups in total. The Bertz CT molecular complexity index is 330. The Morgan fingerprint density at radius 1 is 0.750 bits per heavy atom. The van der Waals surface area contributed by atoms with Crippen LogP contribution in [0.15, 0.2) is 0 Å². The van der Waals surface area contributed by atoms with Crippen LogP contribution >= 0.6 is 0 Å². The van der Waals surface area contributed by atoms with Gasteiger partial charge in [0.2, 0.25) is 0 Å². The monoisotopic (exact) mass is 277 g/mol. The van der Waals surface area contributed by atoms with Gasteiger partial charge in [-0.25, -0.2) is 0 Å². The maximum absolute atomic E-state index is 2.84. The normalized spacial score (nSPS) is 42.0. The van der Waals surface area contributed by atoms with Crippen LogP contribution in [0.5, 0.6) is 0 Å². The Morgan fingerprint density at radius 3 is 1.90 bits per heavy atom. The first-order valence-corrected chi connectivity index (χ1v) is 8.85. The first kappa shape index (κ1) is 13.5. The average molecular weight is 277 g/mol. The molecular formula is C17H31N3. The predicted molar refractivity (Wildman–Crippen MR) is 82.8 cm³/mol. The van der Waals surface area contributed by atoms with Crippen LogP contribution in [0.1, 0.15) is 32.6 Å². The number of nitrogens with zero attached hydrogens (tertiary/aromatic N) is 3. The highest BCUT2D eigenvalue weighted by Gasteiger charge is 2.44. The SMILES string of the molecule is CC1CC2CN(C3CN(C4CCN(C)CC4)C3)CC2C1. The third kappa shape index (κ3) is 2.42. The van der Waals surface area contributed by atoms with Crippen LogP contribution in [0.4, 0.5) is 0 Å². The zero-order chi connectivity index (χ0) is 13.7. The van der Waals surface area contributed by atoms with E-state index in [0.717, 1.165) is 29.8 Å². The van der Waals surface area contributed by atoms with E-state index in [2.05, 4.69) is 28.7 Å². The largest absolute Gasteiger partial charge is 0.306 e. The molecule has 4 rings (SSSR count). The first-order chi connectivity index (χ1) is 9.69. The van der Waals surface area contributed by atoms with Crippen molar-refractivity contribution in [3.05, 3.63) is 0 Å². The van der Waals surface area contributed by atoms with Gasteiger partial charge in [-0.15, -0.1) is 0 Å². The van der Waals surface area contributed by atoms with Gasteiger partial charge >= 0.3 is 0 Å². The van der Waals surface area contributed by atoms with Gasteiger partial charge < -0.3 is 4.90 Å². The minimum Gasteiger partial charge on any atom is -0.306 e. The summed E-state index contributed by atoms with van der Waals surface area (Å²) in [6.07, 6.45) is 5.80. The molecule has 0 spiro atoms. The zero-order valence-corrected chi connectivity index (χ0v) is 13.3. The van der Waals surface area contributed by atoms with Crippen LogP contribution < -0.4 is 0 Å². The molecule has 2 unspecified atom stereocenters. The molecule has 1 saturated carbocycles. The molecule has 4 aliphatic rings. The van der Waals surface area contributed by atoms with Gasteiger partial charge in [-0.05, 0) is 63.6 Å². The molecule has 2 atom stereocenters. The van der Waals surface area contributed by atoms with Crippen molar-refractivity contribution in [1.29, 1.82) is 0 Å². The van der Waals surface area contributed by atoms with Gasteiger partial charge in [-0.1, -0.05) is 6.92 Å². The summed E-state index contributed by atoms with van der Waals surface area (Å²) in [5.74, 6) is 3.09. The van der Waals surface area contributed by atoms with E-state index in [1.165, 1.54) is 65.0 Å². The van der Waals surface area contributed by atoms with Crippen LogP contribution in [-0.4, -0.2) is 73.1 Å². The molecule has 0 aromatic rings. The number of hydrogen-bond acceptors (Lipinski definition) is 3. The highest BCUT2D eigenvalue weighted by molar-refractivity contribution is 4.99. The molecule has 0 radical (unpaired) electrons. The first-order valence-electron chi connectivity index (χ1n) is 8.85. The Labute approximate surface area is 124 Å². The maximum atomic E-state index is 2.84. The van der Waals surface area contributed by atoms with Crippen molar-refractivity contribution >= 4 is 0 Å². The van der Waals surface area contributed by atoms with Gasteiger partial charge in [-0.2, -0.15) is 0 Å². The summed E-state index contributed by atoms with van der Waals surface area (Å²) in [6.45, 7) is 10.6. The molecule has 0 amide bonds. The highest BCUT2D eigenvalue weighted by atomic mass is 15.3. The minimum atomic E-state index is 0.893. The van der Waals surface area contributed by atoms with E-state index in [4.69, 9.17) is 0 Å². The van der Waals surface area contributed by atoms with Gasteiger partial charge in [0.1, 0.15) is 0 Å². The van der Waals surface area contributed by atoms with Crippen molar-refractivity contribution in [3.8, 4) is 0 Å². The third-order valence-corrected chi connectivity index (χ3v) is 6.63. The summed E-state index contributed by atoms with van der Waals surface area (Å²) in [5, 5.41) is 0. The van der Waals surface area contributed by atoms with Gasteiger partial charge in [0.05, 0.1) is 0 Å². The van der Waals surface area contributed by atoms with E-state index in [-0.39, 0.29) is 0 Å². The zero-order valence-electron chi connectivity index (χ0n) is 13.3. The quantitative estimate of drug-likeness (QED) is 0.761. The molecule has 0 bridgehead atoms. The fourth-order valence-electron chi connectivity index (χ4n) is 5.31. The fourth-order valence-corrected chi connectivity index (χ4v) is 5.31. The van der Waals surface area contributed by atoms with Crippen molar-refractivity contribution in [3.63, 3.8) is 0 Å². The van der Waals surface area contributed by atoms with Crippen LogP contribution in [0, 0.1) is 17.8 Å². The molecule has 0 aromatic carbocycles. The van der Waals surface area contributed by atoms with E-state index in [9.17, 15) is 0 Å². The fraction of sp³-hybridized carbons (Fsp3) is 1.00.